The first-order valence-corrected chi connectivity index (χ1v) is 6.35. The minimum atomic E-state index is -2.81. The van der Waals surface area contributed by atoms with E-state index < -0.39 is 5.92 Å². The summed E-state index contributed by atoms with van der Waals surface area (Å²) in [6.07, 6.45) is 2.95. The van der Waals surface area contributed by atoms with Gasteiger partial charge in [0.1, 0.15) is 0 Å². The Morgan fingerprint density at radius 1 is 1.41 bits per heavy atom. The zero-order valence-electron chi connectivity index (χ0n) is 10.4. The molecule has 0 fully saturated rings. The van der Waals surface area contributed by atoms with E-state index >= 15 is 0 Å². The van der Waals surface area contributed by atoms with E-state index in [9.17, 15) is 8.78 Å². The molecule has 0 saturated heterocycles. The lowest BCUT2D eigenvalue weighted by Crippen LogP contribution is -2.21. The van der Waals surface area contributed by atoms with Crippen LogP contribution in [0.25, 0.3) is 0 Å². The van der Waals surface area contributed by atoms with Crippen molar-refractivity contribution in [1.82, 2.24) is 15.0 Å². The lowest BCUT2D eigenvalue weighted by molar-refractivity contribution is -0.0262. The van der Waals surface area contributed by atoms with Gasteiger partial charge in [0.2, 0.25) is 0 Å². The molecule has 3 nitrogen and oxygen atoms in total. The third-order valence-electron chi connectivity index (χ3n) is 3.44. The van der Waals surface area contributed by atoms with Crippen LogP contribution in [-0.2, 0) is 18.9 Å². The predicted octanol–water partition coefficient (Wildman–Crippen LogP) is 3.14. The molecule has 0 aliphatic heterocycles. The Morgan fingerprint density at radius 3 is 2.88 bits per heavy atom. The maximum absolute atomic E-state index is 13.9. The van der Waals surface area contributed by atoms with Crippen LogP contribution in [0.2, 0.25) is 0 Å². The van der Waals surface area contributed by atoms with Gasteiger partial charge in [-0.15, -0.1) is 5.10 Å². The molecule has 1 aliphatic rings. The fraction of sp³-hybridized carbons (Fsp3) is 0.833. The van der Waals surface area contributed by atoms with Gasteiger partial charge in [-0.2, -0.15) is 8.78 Å². The highest BCUT2D eigenvalue weighted by Crippen LogP contribution is 2.38. The minimum absolute atomic E-state index is 0.0853. The van der Waals surface area contributed by atoms with Gasteiger partial charge in [0, 0.05) is 13.0 Å². The van der Waals surface area contributed by atoms with Crippen LogP contribution in [0.15, 0.2) is 0 Å². The topological polar surface area (TPSA) is 30.7 Å². The summed E-state index contributed by atoms with van der Waals surface area (Å²) >= 11 is 0. The van der Waals surface area contributed by atoms with E-state index in [4.69, 9.17) is 0 Å². The summed E-state index contributed by atoms with van der Waals surface area (Å²) in [7, 11) is 0. The molecule has 2 rings (SSSR count). The third-order valence-corrected chi connectivity index (χ3v) is 3.44. The Labute approximate surface area is 100 Å². The van der Waals surface area contributed by atoms with Crippen LogP contribution in [0.4, 0.5) is 8.78 Å². The van der Waals surface area contributed by atoms with Crippen molar-refractivity contribution in [2.75, 3.05) is 0 Å². The van der Waals surface area contributed by atoms with Crippen LogP contribution >= 0.6 is 0 Å². The number of alkyl halides is 2. The zero-order valence-corrected chi connectivity index (χ0v) is 10.4. The second-order valence-corrected chi connectivity index (χ2v) is 4.99. The van der Waals surface area contributed by atoms with Crippen molar-refractivity contribution >= 4 is 0 Å². The second-order valence-electron chi connectivity index (χ2n) is 4.99. The highest BCUT2D eigenvalue weighted by atomic mass is 19.3. The van der Waals surface area contributed by atoms with Crippen molar-refractivity contribution in [2.24, 2.45) is 5.92 Å². The predicted molar refractivity (Wildman–Crippen MR) is 60.9 cm³/mol. The van der Waals surface area contributed by atoms with Crippen LogP contribution in [0.5, 0.6) is 0 Å². The van der Waals surface area contributed by atoms with Crippen molar-refractivity contribution in [1.29, 1.82) is 0 Å². The zero-order chi connectivity index (χ0) is 12.5. The Hall–Kier alpha value is -1.00. The summed E-state index contributed by atoms with van der Waals surface area (Å²) < 4.78 is 29.6. The quantitative estimate of drug-likeness (QED) is 0.799. The van der Waals surface area contributed by atoms with Crippen molar-refractivity contribution in [3.63, 3.8) is 0 Å². The molecule has 1 aromatic rings. The van der Waals surface area contributed by atoms with Gasteiger partial charge < -0.3 is 0 Å². The van der Waals surface area contributed by atoms with Crippen molar-refractivity contribution in [2.45, 2.75) is 58.4 Å². The first-order chi connectivity index (χ1) is 8.04. The average molecular weight is 243 g/mol. The van der Waals surface area contributed by atoms with Gasteiger partial charge in [-0.3, -0.25) is 0 Å². The Kier molecular flexibility index (Phi) is 3.45. The monoisotopic (exact) mass is 243 g/mol. The first-order valence-electron chi connectivity index (χ1n) is 6.35. The average Bonchev–Trinajstić information content (AvgIpc) is 2.67. The van der Waals surface area contributed by atoms with Crippen molar-refractivity contribution < 1.29 is 8.78 Å². The number of fused-ring (bicyclic) bond motifs is 1. The summed E-state index contributed by atoms with van der Waals surface area (Å²) in [5.74, 6) is -2.46. The Balaban J connectivity index is 2.36. The number of aromatic nitrogens is 3. The molecular weight excluding hydrogens is 224 g/mol. The molecule has 5 heteroatoms. The van der Waals surface area contributed by atoms with Crippen LogP contribution in [0.1, 0.15) is 50.9 Å². The standard InChI is InChI=1S/C12H19F2N3/c1-3-8-17-10-5-4-9(2)6-7-12(13,14)11(10)15-16-17/h9H,3-8H2,1-2H3. The molecule has 96 valence electrons. The molecule has 0 bridgehead atoms. The van der Waals surface area contributed by atoms with Gasteiger partial charge >= 0.3 is 0 Å². The molecule has 0 aromatic carbocycles. The maximum atomic E-state index is 13.9. The molecule has 1 aromatic heterocycles. The fourth-order valence-corrected chi connectivity index (χ4v) is 2.33. The third kappa shape index (κ3) is 2.48. The first kappa shape index (κ1) is 12.5. The second kappa shape index (κ2) is 4.70. The lowest BCUT2D eigenvalue weighted by Gasteiger charge is -2.22. The molecule has 0 saturated carbocycles. The normalized spacial score (nSPS) is 23.9. The smallest absolute Gasteiger partial charge is 0.249 e. The van der Waals surface area contributed by atoms with Crippen molar-refractivity contribution in [3.05, 3.63) is 11.4 Å². The van der Waals surface area contributed by atoms with Crippen LogP contribution in [-0.4, -0.2) is 15.0 Å². The van der Waals surface area contributed by atoms with Crippen molar-refractivity contribution in [3.8, 4) is 0 Å². The van der Waals surface area contributed by atoms with Gasteiger partial charge in [-0.25, -0.2) is 4.68 Å². The van der Waals surface area contributed by atoms with Gasteiger partial charge in [-0.05, 0) is 31.6 Å². The highest BCUT2D eigenvalue weighted by Gasteiger charge is 2.39. The minimum Gasteiger partial charge on any atom is -0.249 e. The summed E-state index contributed by atoms with van der Waals surface area (Å²) in [6, 6.07) is 0. The van der Waals surface area contributed by atoms with Crippen LogP contribution in [0.3, 0.4) is 0 Å². The Bertz CT molecular complexity index is 387. The number of nitrogens with zero attached hydrogens (tertiary/aromatic N) is 3. The van der Waals surface area contributed by atoms with E-state index in [1.54, 1.807) is 4.68 Å². The largest absolute Gasteiger partial charge is 0.293 e. The molecule has 1 unspecified atom stereocenters. The molecule has 0 amide bonds. The van der Waals surface area contributed by atoms with Gasteiger partial charge in [0.25, 0.3) is 5.92 Å². The van der Waals surface area contributed by atoms with E-state index in [-0.39, 0.29) is 12.1 Å². The SMILES string of the molecule is CCCn1nnc2c1CCC(C)CCC2(F)F. The van der Waals surface area contributed by atoms with E-state index in [0.717, 1.165) is 12.8 Å². The molecule has 1 aliphatic carbocycles. The van der Waals surface area contributed by atoms with Crippen LogP contribution in [0, 0.1) is 5.92 Å². The van der Waals surface area contributed by atoms with Gasteiger partial charge in [0.15, 0.2) is 5.69 Å². The molecule has 0 spiro atoms. The molecule has 0 radical (unpaired) electrons. The van der Waals surface area contributed by atoms with Crippen LogP contribution < -0.4 is 0 Å². The molecule has 1 atom stereocenters. The number of aryl methyl sites for hydroxylation is 1. The molecule has 0 N–H and O–H groups in total. The molecule has 17 heavy (non-hydrogen) atoms. The molecular formula is C12H19F2N3. The van der Waals surface area contributed by atoms with E-state index in [0.29, 0.717) is 31.0 Å². The van der Waals surface area contributed by atoms with Gasteiger partial charge in [-0.1, -0.05) is 19.1 Å². The summed E-state index contributed by atoms with van der Waals surface area (Å²) in [6.45, 7) is 4.72. The maximum Gasteiger partial charge on any atom is 0.293 e. The number of hydrogen-bond donors (Lipinski definition) is 0. The van der Waals surface area contributed by atoms with E-state index in [1.807, 2.05) is 13.8 Å². The highest BCUT2D eigenvalue weighted by molar-refractivity contribution is 5.17. The fourth-order valence-electron chi connectivity index (χ4n) is 2.33. The number of halogens is 2. The van der Waals surface area contributed by atoms with E-state index in [2.05, 4.69) is 10.3 Å². The van der Waals surface area contributed by atoms with Gasteiger partial charge in [0.05, 0.1) is 5.69 Å². The Morgan fingerprint density at radius 2 is 2.18 bits per heavy atom. The summed E-state index contributed by atoms with van der Waals surface area (Å²) in [4.78, 5) is 0. The number of rotatable bonds is 2. The van der Waals surface area contributed by atoms with E-state index in [1.165, 1.54) is 0 Å². The number of hydrogen-bond acceptors (Lipinski definition) is 2. The lowest BCUT2D eigenvalue weighted by atomic mass is 9.91. The summed E-state index contributed by atoms with van der Waals surface area (Å²) in [5, 5.41) is 7.60. The summed E-state index contributed by atoms with van der Waals surface area (Å²) in [5.41, 5.74) is 0.557. The molecule has 1 heterocycles.